The third kappa shape index (κ3) is 3.85. The maximum absolute atomic E-state index is 11.5. The second-order valence-corrected chi connectivity index (χ2v) is 4.65. The van der Waals surface area contributed by atoms with E-state index >= 15 is 0 Å². The van der Waals surface area contributed by atoms with Crippen LogP contribution in [0.15, 0.2) is 12.5 Å². The zero-order valence-corrected chi connectivity index (χ0v) is 10.8. The lowest BCUT2D eigenvalue weighted by atomic mass is 10.1. The van der Waals surface area contributed by atoms with Crippen LogP contribution in [0, 0.1) is 5.92 Å². The minimum atomic E-state index is -0.452. The van der Waals surface area contributed by atoms with Crippen molar-refractivity contribution < 1.29 is 4.79 Å². The molecule has 1 aromatic heterocycles. The fourth-order valence-corrected chi connectivity index (χ4v) is 1.70. The van der Waals surface area contributed by atoms with Gasteiger partial charge in [0.1, 0.15) is 6.04 Å². The lowest BCUT2D eigenvalue weighted by Gasteiger charge is -2.18. The van der Waals surface area contributed by atoms with Crippen molar-refractivity contribution in [3.05, 3.63) is 18.2 Å². The summed E-state index contributed by atoms with van der Waals surface area (Å²) in [5, 5.41) is 3.18. The van der Waals surface area contributed by atoms with Crippen LogP contribution in [0.1, 0.15) is 38.9 Å². The molecular formula is C12H22N4O. The molecule has 0 aromatic carbocycles. The van der Waals surface area contributed by atoms with Crippen molar-refractivity contribution in [3.8, 4) is 0 Å². The van der Waals surface area contributed by atoms with E-state index in [1.165, 1.54) is 0 Å². The molecule has 0 aliphatic heterocycles. The molecule has 1 heterocycles. The molecule has 0 aliphatic rings. The highest BCUT2D eigenvalue weighted by molar-refractivity contribution is 5.80. The van der Waals surface area contributed by atoms with Gasteiger partial charge in [-0.2, -0.15) is 0 Å². The normalized spacial score (nSPS) is 12.9. The van der Waals surface area contributed by atoms with Crippen molar-refractivity contribution in [2.75, 3.05) is 6.54 Å². The van der Waals surface area contributed by atoms with E-state index in [2.05, 4.69) is 31.1 Å². The predicted molar refractivity (Wildman–Crippen MR) is 67.3 cm³/mol. The standard InChI is InChI=1S/C12H22N4O/c1-4-5-16-8-14-7-10(16)11(12(13)17)15-6-9(2)3/h7-9,11,15H,4-6H2,1-3H3,(H2,13,17). The molecule has 0 bridgehead atoms. The highest BCUT2D eigenvalue weighted by Gasteiger charge is 2.21. The van der Waals surface area contributed by atoms with Crippen LogP contribution in [0.3, 0.4) is 0 Å². The molecule has 0 aliphatic carbocycles. The van der Waals surface area contributed by atoms with Crippen LogP contribution in [0.5, 0.6) is 0 Å². The minimum absolute atomic E-state index is 0.358. The van der Waals surface area contributed by atoms with Gasteiger partial charge in [-0.15, -0.1) is 0 Å². The van der Waals surface area contributed by atoms with Crippen LogP contribution in [-0.4, -0.2) is 22.0 Å². The maximum atomic E-state index is 11.5. The molecule has 0 spiro atoms. The Kier molecular flexibility index (Phi) is 5.15. The minimum Gasteiger partial charge on any atom is -0.368 e. The second-order valence-electron chi connectivity index (χ2n) is 4.65. The van der Waals surface area contributed by atoms with Gasteiger partial charge in [-0.25, -0.2) is 4.98 Å². The van der Waals surface area contributed by atoms with E-state index in [9.17, 15) is 4.79 Å². The molecule has 0 saturated carbocycles. The Morgan fingerprint density at radius 3 is 2.82 bits per heavy atom. The number of aryl methyl sites for hydroxylation is 1. The van der Waals surface area contributed by atoms with Gasteiger partial charge in [0.15, 0.2) is 0 Å². The van der Waals surface area contributed by atoms with Crippen molar-refractivity contribution in [2.24, 2.45) is 11.7 Å². The third-order valence-corrected chi connectivity index (χ3v) is 2.52. The number of nitrogens with one attached hydrogen (secondary N) is 1. The van der Waals surface area contributed by atoms with Gasteiger partial charge in [0.2, 0.25) is 5.91 Å². The number of nitrogens with two attached hydrogens (primary N) is 1. The van der Waals surface area contributed by atoms with Crippen LogP contribution in [0.4, 0.5) is 0 Å². The van der Waals surface area contributed by atoms with Crippen LogP contribution < -0.4 is 11.1 Å². The average molecular weight is 238 g/mol. The quantitative estimate of drug-likeness (QED) is 0.746. The van der Waals surface area contributed by atoms with Gasteiger partial charge in [0.25, 0.3) is 0 Å². The molecule has 3 N–H and O–H groups in total. The molecule has 1 aromatic rings. The van der Waals surface area contributed by atoms with E-state index in [4.69, 9.17) is 5.73 Å². The molecule has 1 rings (SSSR count). The second kappa shape index (κ2) is 6.39. The van der Waals surface area contributed by atoms with E-state index in [-0.39, 0.29) is 5.91 Å². The number of carbonyl (C=O) groups excluding carboxylic acids is 1. The van der Waals surface area contributed by atoms with Crippen LogP contribution in [0.25, 0.3) is 0 Å². The topological polar surface area (TPSA) is 72.9 Å². The molecule has 17 heavy (non-hydrogen) atoms. The fourth-order valence-electron chi connectivity index (χ4n) is 1.70. The molecule has 0 saturated heterocycles. The summed E-state index contributed by atoms with van der Waals surface area (Å²) < 4.78 is 1.97. The Balaban J connectivity index is 2.81. The zero-order valence-electron chi connectivity index (χ0n) is 10.8. The first-order valence-electron chi connectivity index (χ1n) is 6.09. The fraction of sp³-hybridized carbons (Fsp3) is 0.667. The van der Waals surface area contributed by atoms with E-state index in [0.29, 0.717) is 5.92 Å². The molecule has 96 valence electrons. The molecule has 0 fully saturated rings. The summed E-state index contributed by atoms with van der Waals surface area (Å²) >= 11 is 0. The summed E-state index contributed by atoms with van der Waals surface area (Å²) in [4.78, 5) is 15.6. The van der Waals surface area contributed by atoms with E-state index in [1.54, 1.807) is 12.5 Å². The Hall–Kier alpha value is -1.36. The average Bonchev–Trinajstić information content (AvgIpc) is 2.66. The molecule has 5 nitrogen and oxygen atoms in total. The summed E-state index contributed by atoms with van der Waals surface area (Å²) in [5.74, 6) is 0.114. The lowest BCUT2D eigenvalue weighted by molar-refractivity contribution is -0.120. The first kappa shape index (κ1) is 13.7. The number of imidazole rings is 1. The summed E-state index contributed by atoms with van der Waals surface area (Å²) in [6.07, 6.45) is 4.45. The van der Waals surface area contributed by atoms with Gasteiger partial charge in [-0.05, 0) is 18.9 Å². The van der Waals surface area contributed by atoms with Gasteiger partial charge < -0.3 is 15.6 Å². The van der Waals surface area contributed by atoms with Crippen LogP contribution >= 0.6 is 0 Å². The summed E-state index contributed by atoms with van der Waals surface area (Å²) in [5.41, 5.74) is 6.28. The molecular weight excluding hydrogens is 216 g/mol. The molecule has 1 unspecified atom stereocenters. The van der Waals surface area contributed by atoms with Gasteiger partial charge in [0.05, 0.1) is 18.2 Å². The van der Waals surface area contributed by atoms with E-state index in [0.717, 1.165) is 25.2 Å². The van der Waals surface area contributed by atoms with Crippen LogP contribution in [0.2, 0.25) is 0 Å². The highest BCUT2D eigenvalue weighted by Crippen LogP contribution is 2.13. The predicted octanol–water partition coefficient (Wildman–Crippen LogP) is 1.07. The Labute approximate surface area is 102 Å². The smallest absolute Gasteiger partial charge is 0.240 e. The SMILES string of the molecule is CCCn1cncc1C(NCC(C)C)C(N)=O. The highest BCUT2D eigenvalue weighted by atomic mass is 16.1. The van der Waals surface area contributed by atoms with Crippen molar-refractivity contribution in [1.29, 1.82) is 0 Å². The first-order valence-corrected chi connectivity index (χ1v) is 6.09. The van der Waals surface area contributed by atoms with Crippen molar-refractivity contribution in [3.63, 3.8) is 0 Å². The number of hydrogen-bond donors (Lipinski definition) is 2. The largest absolute Gasteiger partial charge is 0.368 e. The number of nitrogens with zero attached hydrogens (tertiary/aromatic N) is 2. The summed E-state index contributed by atoms with van der Waals surface area (Å²) in [6.45, 7) is 7.88. The van der Waals surface area contributed by atoms with Crippen molar-refractivity contribution in [1.82, 2.24) is 14.9 Å². The van der Waals surface area contributed by atoms with E-state index in [1.807, 2.05) is 4.57 Å². The number of aromatic nitrogens is 2. The number of amides is 1. The number of primary amides is 1. The Morgan fingerprint density at radius 1 is 1.59 bits per heavy atom. The maximum Gasteiger partial charge on any atom is 0.240 e. The lowest BCUT2D eigenvalue weighted by Crippen LogP contribution is -2.36. The van der Waals surface area contributed by atoms with Crippen molar-refractivity contribution >= 4 is 5.91 Å². The number of rotatable bonds is 7. The first-order chi connectivity index (χ1) is 8.06. The van der Waals surface area contributed by atoms with Gasteiger partial charge >= 0.3 is 0 Å². The summed E-state index contributed by atoms with van der Waals surface area (Å²) in [6, 6.07) is -0.452. The van der Waals surface area contributed by atoms with Crippen LogP contribution in [-0.2, 0) is 11.3 Å². The Morgan fingerprint density at radius 2 is 2.29 bits per heavy atom. The zero-order chi connectivity index (χ0) is 12.8. The molecule has 5 heteroatoms. The third-order valence-electron chi connectivity index (χ3n) is 2.52. The van der Waals surface area contributed by atoms with E-state index < -0.39 is 6.04 Å². The molecule has 1 atom stereocenters. The van der Waals surface area contributed by atoms with Gasteiger partial charge in [0, 0.05) is 6.54 Å². The monoisotopic (exact) mass is 238 g/mol. The molecule has 0 radical (unpaired) electrons. The summed E-state index contributed by atoms with van der Waals surface area (Å²) in [7, 11) is 0. The van der Waals surface area contributed by atoms with Gasteiger partial charge in [-0.1, -0.05) is 20.8 Å². The van der Waals surface area contributed by atoms with Gasteiger partial charge in [-0.3, -0.25) is 4.79 Å². The Bertz CT molecular complexity index is 359. The number of hydrogen-bond acceptors (Lipinski definition) is 3. The number of carbonyl (C=O) groups is 1. The van der Waals surface area contributed by atoms with Crippen molar-refractivity contribution in [2.45, 2.75) is 39.8 Å². The molecule has 1 amide bonds.